The van der Waals surface area contributed by atoms with Crippen LogP contribution in [0.2, 0.25) is 0 Å². The summed E-state index contributed by atoms with van der Waals surface area (Å²) >= 11 is 0. The number of allylic oxidation sites excluding steroid dienone is 1. The molecule has 1 aliphatic carbocycles. The minimum absolute atomic E-state index is 0.192. The van der Waals surface area contributed by atoms with E-state index in [1.165, 1.54) is 6.42 Å². The minimum atomic E-state index is -0.192. The van der Waals surface area contributed by atoms with Crippen LogP contribution >= 0.6 is 0 Å². The van der Waals surface area contributed by atoms with Crippen molar-refractivity contribution in [2.75, 3.05) is 19.7 Å². The summed E-state index contributed by atoms with van der Waals surface area (Å²) in [5.41, 5.74) is 1.90. The predicted octanol–water partition coefficient (Wildman–Crippen LogP) is 2.86. The third-order valence-electron chi connectivity index (χ3n) is 5.47. The lowest BCUT2D eigenvalue weighted by atomic mass is 9.83. The molecule has 0 saturated carbocycles. The third-order valence-corrected chi connectivity index (χ3v) is 5.47. The molecule has 1 aromatic heterocycles. The Labute approximate surface area is 149 Å². The van der Waals surface area contributed by atoms with Crippen LogP contribution in [0.1, 0.15) is 44.1 Å². The molecule has 1 unspecified atom stereocenters. The molecule has 2 fully saturated rings. The molecule has 2 saturated heterocycles. The van der Waals surface area contributed by atoms with E-state index in [2.05, 4.69) is 11.1 Å². The first kappa shape index (κ1) is 16.7. The summed E-state index contributed by atoms with van der Waals surface area (Å²) in [7, 11) is 0. The van der Waals surface area contributed by atoms with Crippen molar-refractivity contribution >= 4 is 5.91 Å². The van der Waals surface area contributed by atoms with Crippen molar-refractivity contribution in [3.63, 3.8) is 0 Å². The summed E-state index contributed by atoms with van der Waals surface area (Å²) in [6.07, 6.45) is 12.0. The molecule has 3 heterocycles. The number of rotatable bonds is 4. The Morgan fingerprint density at radius 2 is 2.32 bits per heavy atom. The van der Waals surface area contributed by atoms with E-state index >= 15 is 0 Å². The molecule has 1 spiro atoms. The lowest BCUT2D eigenvalue weighted by molar-refractivity contribution is -0.200. The zero-order valence-corrected chi connectivity index (χ0v) is 14.7. The van der Waals surface area contributed by atoms with Gasteiger partial charge in [0, 0.05) is 31.0 Å². The van der Waals surface area contributed by atoms with Crippen LogP contribution in [0.3, 0.4) is 0 Å². The van der Waals surface area contributed by atoms with Gasteiger partial charge in [0.15, 0.2) is 0 Å². The van der Waals surface area contributed by atoms with Crippen molar-refractivity contribution in [2.24, 2.45) is 0 Å². The van der Waals surface area contributed by atoms with Gasteiger partial charge < -0.3 is 14.4 Å². The second kappa shape index (κ2) is 7.26. The zero-order valence-electron chi connectivity index (χ0n) is 14.7. The molecular weight excluding hydrogens is 316 g/mol. The molecule has 1 amide bonds. The summed E-state index contributed by atoms with van der Waals surface area (Å²) in [6.45, 7) is 2.71. The topological polar surface area (TPSA) is 51.7 Å². The van der Waals surface area contributed by atoms with Crippen LogP contribution in [0, 0.1) is 0 Å². The highest BCUT2D eigenvalue weighted by Gasteiger charge is 2.49. The van der Waals surface area contributed by atoms with Crippen LogP contribution in [0.25, 0.3) is 0 Å². The first-order chi connectivity index (χ1) is 12.2. The lowest BCUT2D eigenvalue weighted by Crippen LogP contribution is -2.67. The van der Waals surface area contributed by atoms with E-state index in [4.69, 9.17) is 9.47 Å². The maximum Gasteiger partial charge on any atom is 0.249 e. The number of ether oxygens (including phenoxy) is 2. The van der Waals surface area contributed by atoms with Gasteiger partial charge >= 0.3 is 0 Å². The van der Waals surface area contributed by atoms with Crippen LogP contribution in [0.4, 0.5) is 0 Å². The average molecular weight is 342 g/mol. The van der Waals surface area contributed by atoms with E-state index in [9.17, 15) is 4.79 Å². The minimum Gasteiger partial charge on any atom is -0.373 e. The Hall–Kier alpha value is -1.72. The van der Waals surface area contributed by atoms with E-state index in [1.54, 1.807) is 6.20 Å². The number of pyridine rings is 1. The first-order valence-electron chi connectivity index (χ1n) is 9.37. The molecule has 4 rings (SSSR count). The number of hydrogen-bond acceptors (Lipinski definition) is 4. The molecule has 0 N–H and O–H groups in total. The van der Waals surface area contributed by atoms with Crippen LogP contribution in [0.15, 0.2) is 36.2 Å². The maximum atomic E-state index is 12.6. The molecule has 5 nitrogen and oxygen atoms in total. The SMILES string of the molecule is O=C(C1=CCCCC1)N1CC2(CC(OCc3cccnc3)CCO2)C1. The number of amides is 1. The van der Waals surface area contributed by atoms with Gasteiger partial charge in [-0.15, -0.1) is 0 Å². The van der Waals surface area contributed by atoms with Crippen molar-refractivity contribution in [1.29, 1.82) is 0 Å². The summed E-state index contributed by atoms with van der Waals surface area (Å²) in [5.74, 6) is 0.215. The molecule has 5 heteroatoms. The molecule has 2 aliphatic heterocycles. The Morgan fingerprint density at radius 3 is 3.08 bits per heavy atom. The van der Waals surface area contributed by atoms with Crippen molar-refractivity contribution < 1.29 is 14.3 Å². The number of hydrogen-bond donors (Lipinski definition) is 0. The monoisotopic (exact) mass is 342 g/mol. The Morgan fingerprint density at radius 1 is 1.40 bits per heavy atom. The highest BCUT2D eigenvalue weighted by molar-refractivity contribution is 5.94. The molecule has 0 aromatic carbocycles. The van der Waals surface area contributed by atoms with E-state index in [0.717, 1.165) is 43.2 Å². The fourth-order valence-electron chi connectivity index (χ4n) is 4.07. The second-order valence-electron chi connectivity index (χ2n) is 7.45. The number of aromatic nitrogens is 1. The van der Waals surface area contributed by atoms with Crippen molar-refractivity contribution in [2.45, 2.75) is 56.8 Å². The highest BCUT2D eigenvalue weighted by Crippen LogP contribution is 2.37. The van der Waals surface area contributed by atoms with Gasteiger partial charge in [0.2, 0.25) is 5.91 Å². The van der Waals surface area contributed by atoms with Crippen LogP contribution < -0.4 is 0 Å². The zero-order chi connectivity index (χ0) is 17.1. The number of carbonyl (C=O) groups excluding carboxylic acids is 1. The second-order valence-corrected chi connectivity index (χ2v) is 7.45. The van der Waals surface area contributed by atoms with E-state index in [0.29, 0.717) is 26.3 Å². The molecule has 1 aromatic rings. The van der Waals surface area contributed by atoms with Crippen molar-refractivity contribution in [3.8, 4) is 0 Å². The fourth-order valence-corrected chi connectivity index (χ4v) is 4.07. The smallest absolute Gasteiger partial charge is 0.249 e. The Balaban J connectivity index is 1.29. The van der Waals surface area contributed by atoms with Gasteiger partial charge in [-0.05, 0) is 43.7 Å². The van der Waals surface area contributed by atoms with E-state index < -0.39 is 0 Å². The first-order valence-corrected chi connectivity index (χ1v) is 9.37. The quantitative estimate of drug-likeness (QED) is 0.844. The molecule has 134 valence electrons. The van der Waals surface area contributed by atoms with Gasteiger partial charge in [-0.3, -0.25) is 9.78 Å². The van der Waals surface area contributed by atoms with E-state index in [-0.39, 0.29) is 17.6 Å². The molecule has 25 heavy (non-hydrogen) atoms. The molecule has 1 atom stereocenters. The van der Waals surface area contributed by atoms with Crippen molar-refractivity contribution in [1.82, 2.24) is 9.88 Å². The van der Waals surface area contributed by atoms with Crippen molar-refractivity contribution in [3.05, 3.63) is 41.7 Å². The summed E-state index contributed by atoms with van der Waals surface area (Å²) in [5, 5.41) is 0. The number of likely N-dealkylation sites (tertiary alicyclic amines) is 1. The van der Waals surface area contributed by atoms with Gasteiger partial charge in [-0.25, -0.2) is 0 Å². The van der Waals surface area contributed by atoms with Crippen LogP contribution in [-0.4, -0.2) is 47.2 Å². The standard InChI is InChI=1S/C20H26N2O3/c23-19(17-6-2-1-3-7-17)22-14-20(15-22)11-18(8-10-25-20)24-13-16-5-4-9-21-12-16/h4-6,9,12,18H,1-3,7-8,10-11,13-15H2. The van der Waals surface area contributed by atoms with E-state index in [1.807, 2.05) is 23.2 Å². The lowest BCUT2D eigenvalue weighted by Gasteiger charge is -2.53. The van der Waals surface area contributed by atoms with Crippen LogP contribution in [0.5, 0.6) is 0 Å². The van der Waals surface area contributed by atoms with Gasteiger partial charge in [0.25, 0.3) is 0 Å². The predicted molar refractivity (Wildman–Crippen MR) is 93.9 cm³/mol. The Bertz CT molecular complexity index is 638. The normalized spacial score (nSPS) is 25.4. The third kappa shape index (κ3) is 3.77. The van der Waals surface area contributed by atoms with Gasteiger partial charge in [-0.1, -0.05) is 12.1 Å². The van der Waals surface area contributed by atoms with Crippen LogP contribution in [-0.2, 0) is 20.9 Å². The van der Waals surface area contributed by atoms with Gasteiger partial charge in [0.1, 0.15) is 5.60 Å². The summed E-state index contributed by atoms with van der Waals surface area (Å²) in [4.78, 5) is 18.6. The maximum absolute atomic E-state index is 12.6. The summed E-state index contributed by atoms with van der Waals surface area (Å²) < 4.78 is 12.1. The largest absolute Gasteiger partial charge is 0.373 e. The Kier molecular flexibility index (Phi) is 4.86. The fraction of sp³-hybridized carbons (Fsp3) is 0.600. The highest BCUT2D eigenvalue weighted by atomic mass is 16.5. The average Bonchev–Trinajstić information content (AvgIpc) is 2.65. The molecule has 0 bridgehead atoms. The molecular formula is C20H26N2O3. The molecule has 3 aliphatic rings. The number of carbonyl (C=O) groups is 1. The van der Waals surface area contributed by atoms with Gasteiger partial charge in [0.05, 0.1) is 25.8 Å². The number of nitrogens with zero attached hydrogens (tertiary/aromatic N) is 2. The van der Waals surface area contributed by atoms with Gasteiger partial charge in [-0.2, -0.15) is 0 Å². The summed E-state index contributed by atoms with van der Waals surface area (Å²) in [6, 6.07) is 3.96. The molecule has 0 radical (unpaired) electrons.